The van der Waals surface area contributed by atoms with E-state index in [1.165, 1.54) is 283 Å². The number of phosphoric ester groups is 2. The molecular weight excluding hydrogens is 1330 g/mol. The fourth-order valence-corrected chi connectivity index (χ4v) is 14.6. The van der Waals surface area contributed by atoms with Crippen LogP contribution in [0, 0.1) is 0 Å². The first kappa shape index (κ1) is 100. The van der Waals surface area contributed by atoms with E-state index >= 15 is 0 Å². The van der Waals surface area contributed by atoms with Gasteiger partial charge < -0.3 is 33.8 Å². The number of aliphatic hydroxyl groups excluding tert-OH is 1. The van der Waals surface area contributed by atoms with E-state index in [1.807, 2.05) is 0 Å². The van der Waals surface area contributed by atoms with Gasteiger partial charge in [0.1, 0.15) is 19.3 Å². The molecule has 0 heterocycles. The second-order valence-electron chi connectivity index (χ2n) is 29.9. The fourth-order valence-electron chi connectivity index (χ4n) is 13.0. The van der Waals surface area contributed by atoms with Crippen LogP contribution in [0.25, 0.3) is 0 Å². The SMILES string of the molecule is CCCCCCCCCCCCCCCCCCCCCCCCC(=O)O[C@H](COC(=O)CCCCCCCCCCCCCCCCCCC)COP(=O)(O)OC[C@@H](O)COP(=O)(O)OC[C@@H](COC(=O)CCCCCCCCCCC)OC(=O)CCCCCCCCCCCCCCCC. The molecule has 3 N–H and O–H groups in total. The van der Waals surface area contributed by atoms with Gasteiger partial charge >= 0.3 is 39.5 Å². The number of aliphatic hydroxyl groups is 1. The van der Waals surface area contributed by atoms with Gasteiger partial charge in [0.15, 0.2) is 12.2 Å². The Bertz CT molecular complexity index is 1930. The molecule has 0 amide bonds. The minimum absolute atomic E-state index is 0.109. The second-order valence-corrected chi connectivity index (χ2v) is 32.8. The number of phosphoric acid groups is 2. The summed E-state index contributed by atoms with van der Waals surface area (Å²) in [6.45, 7) is 5.02. The monoisotopic (exact) mass is 1490 g/mol. The molecule has 19 heteroatoms. The molecular formula is C83H162O17P2. The van der Waals surface area contributed by atoms with Gasteiger partial charge in [-0.1, -0.05) is 400 Å². The summed E-state index contributed by atoms with van der Waals surface area (Å²) in [4.78, 5) is 73.0. The molecule has 102 heavy (non-hydrogen) atoms. The highest BCUT2D eigenvalue weighted by Crippen LogP contribution is 2.45. The molecule has 0 aromatic heterocycles. The third-order valence-corrected chi connectivity index (χ3v) is 21.5. The standard InChI is InChI=1S/C83H162O17P2/c1-5-9-13-17-21-25-28-31-34-36-37-38-39-40-42-44-47-50-54-58-62-66-70-83(88)100-79(74-94-81(86)68-64-60-56-52-48-46-43-41-35-32-29-26-22-18-14-10-6-2)76-98-102(91,92)96-72-77(84)71-95-101(89,90)97-75-78(73-93-80(85)67-63-59-55-51-24-20-16-12-8-4)99-82(87)69-65-61-57-53-49-45-33-30-27-23-19-15-11-7-3/h77-79,84H,5-76H2,1-4H3,(H,89,90)(H,91,92)/t77-,78+,79+/m0/s1. The van der Waals surface area contributed by atoms with Crippen molar-refractivity contribution in [2.24, 2.45) is 0 Å². The Morgan fingerprint density at radius 3 is 0.578 bits per heavy atom. The lowest BCUT2D eigenvalue weighted by molar-refractivity contribution is -0.161. The van der Waals surface area contributed by atoms with Crippen LogP contribution in [-0.4, -0.2) is 96.7 Å². The molecule has 0 saturated carbocycles. The zero-order valence-electron chi connectivity index (χ0n) is 66.6. The number of hydrogen-bond acceptors (Lipinski definition) is 15. The molecule has 0 aliphatic heterocycles. The number of esters is 4. The summed E-state index contributed by atoms with van der Waals surface area (Å²) in [5, 5.41) is 10.6. The molecule has 0 aromatic carbocycles. The third-order valence-electron chi connectivity index (χ3n) is 19.6. The first-order chi connectivity index (χ1) is 49.7. The fraction of sp³-hybridized carbons (Fsp3) is 0.952. The highest BCUT2D eigenvalue weighted by atomic mass is 31.2. The lowest BCUT2D eigenvalue weighted by Crippen LogP contribution is -2.30. The highest BCUT2D eigenvalue weighted by Gasteiger charge is 2.30. The first-order valence-corrected chi connectivity index (χ1v) is 46.3. The molecule has 0 aromatic rings. The molecule has 17 nitrogen and oxygen atoms in total. The van der Waals surface area contributed by atoms with Crippen molar-refractivity contribution in [2.75, 3.05) is 39.6 Å². The van der Waals surface area contributed by atoms with E-state index in [0.29, 0.717) is 25.7 Å². The van der Waals surface area contributed by atoms with E-state index in [-0.39, 0.29) is 25.7 Å². The van der Waals surface area contributed by atoms with E-state index in [2.05, 4.69) is 27.7 Å². The zero-order valence-corrected chi connectivity index (χ0v) is 68.4. The minimum atomic E-state index is -4.96. The summed E-state index contributed by atoms with van der Waals surface area (Å²) in [6, 6.07) is 0. The molecule has 0 spiro atoms. The lowest BCUT2D eigenvalue weighted by Gasteiger charge is -2.21. The van der Waals surface area contributed by atoms with Gasteiger partial charge in [-0.15, -0.1) is 0 Å². The zero-order chi connectivity index (χ0) is 74.6. The normalized spacial score (nSPS) is 13.8. The van der Waals surface area contributed by atoms with Crippen LogP contribution in [0.2, 0.25) is 0 Å². The summed E-state index contributed by atoms with van der Waals surface area (Å²) < 4.78 is 68.7. The Morgan fingerprint density at radius 2 is 0.392 bits per heavy atom. The molecule has 0 saturated heterocycles. The average Bonchev–Trinajstić information content (AvgIpc) is 0.965. The van der Waals surface area contributed by atoms with Crippen LogP contribution in [0.1, 0.15) is 451 Å². The predicted octanol–water partition coefficient (Wildman–Crippen LogP) is 25.4. The molecule has 0 aliphatic rings. The van der Waals surface area contributed by atoms with Crippen molar-refractivity contribution >= 4 is 39.5 Å². The van der Waals surface area contributed by atoms with Crippen molar-refractivity contribution in [3.8, 4) is 0 Å². The summed E-state index contributed by atoms with van der Waals surface area (Å²) in [7, 11) is -9.92. The Labute approximate surface area is 626 Å². The molecule has 606 valence electrons. The van der Waals surface area contributed by atoms with E-state index in [9.17, 15) is 43.2 Å². The molecule has 5 atom stereocenters. The van der Waals surface area contributed by atoms with E-state index in [4.69, 9.17) is 37.0 Å². The van der Waals surface area contributed by atoms with Crippen LogP contribution in [0.4, 0.5) is 0 Å². The van der Waals surface area contributed by atoms with Crippen molar-refractivity contribution in [2.45, 2.75) is 470 Å². The summed E-state index contributed by atoms with van der Waals surface area (Å²) >= 11 is 0. The van der Waals surface area contributed by atoms with E-state index in [1.54, 1.807) is 0 Å². The van der Waals surface area contributed by atoms with Crippen LogP contribution in [-0.2, 0) is 65.4 Å². The van der Waals surface area contributed by atoms with Gasteiger partial charge in [0.2, 0.25) is 0 Å². The number of carbonyl (C=O) groups excluding carboxylic acids is 4. The van der Waals surface area contributed by atoms with Gasteiger partial charge in [-0.2, -0.15) is 0 Å². The number of rotatable bonds is 84. The maximum atomic E-state index is 13.1. The molecule has 2 unspecified atom stereocenters. The van der Waals surface area contributed by atoms with E-state index < -0.39 is 97.5 Å². The molecule has 0 aliphatic carbocycles. The predicted molar refractivity (Wildman–Crippen MR) is 419 cm³/mol. The average molecular weight is 1490 g/mol. The molecule has 0 bridgehead atoms. The van der Waals surface area contributed by atoms with Crippen LogP contribution in [0.15, 0.2) is 0 Å². The minimum Gasteiger partial charge on any atom is -0.462 e. The Kier molecular flexibility index (Phi) is 75.8. The summed E-state index contributed by atoms with van der Waals surface area (Å²) in [5.41, 5.74) is 0. The van der Waals surface area contributed by atoms with Crippen LogP contribution in [0.3, 0.4) is 0 Å². The third kappa shape index (κ3) is 76.3. The van der Waals surface area contributed by atoms with Gasteiger partial charge in [-0.05, 0) is 25.7 Å². The van der Waals surface area contributed by atoms with Crippen molar-refractivity contribution in [1.29, 1.82) is 0 Å². The molecule has 0 radical (unpaired) electrons. The van der Waals surface area contributed by atoms with Crippen molar-refractivity contribution in [1.82, 2.24) is 0 Å². The Hall–Kier alpha value is -1.94. The van der Waals surface area contributed by atoms with Crippen LogP contribution >= 0.6 is 15.6 Å². The number of carbonyl (C=O) groups is 4. The van der Waals surface area contributed by atoms with Gasteiger partial charge in [-0.3, -0.25) is 37.3 Å². The summed E-state index contributed by atoms with van der Waals surface area (Å²) in [6.07, 6.45) is 70.9. The van der Waals surface area contributed by atoms with Crippen LogP contribution < -0.4 is 0 Å². The van der Waals surface area contributed by atoms with E-state index in [0.717, 1.165) is 89.9 Å². The number of hydrogen-bond donors (Lipinski definition) is 3. The van der Waals surface area contributed by atoms with Gasteiger partial charge in [-0.25, -0.2) is 9.13 Å². The van der Waals surface area contributed by atoms with Crippen molar-refractivity contribution in [3.63, 3.8) is 0 Å². The topological polar surface area (TPSA) is 237 Å². The number of unbranched alkanes of at least 4 members (excludes halogenated alkanes) is 58. The molecule has 0 fully saturated rings. The van der Waals surface area contributed by atoms with Crippen LogP contribution in [0.5, 0.6) is 0 Å². The Balaban J connectivity index is 5.19. The number of ether oxygens (including phenoxy) is 4. The highest BCUT2D eigenvalue weighted by molar-refractivity contribution is 7.47. The lowest BCUT2D eigenvalue weighted by atomic mass is 10.0. The second kappa shape index (κ2) is 77.2. The van der Waals surface area contributed by atoms with Crippen molar-refractivity contribution < 1.29 is 80.2 Å². The maximum Gasteiger partial charge on any atom is 0.472 e. The quantitative estimate of drug-likeness (QED) is 0.0222. The van der Waals surface area contributed by atoms with Gasteiger partial charge in [0.05, 0.1) is 26.4 Å². The van der Waals surface area contributed by atoms with Gasteiger partial charge in [0.25, 0.3) is 0 Å². The Morgan fingerprint density at radius 1 is 0.235 bits per heavy atom. The van der Waals surface area contributed by atoms with Crippen molar-refractivity contribution in [3.05, 3.63) is 0 Å². The van der Waals surface area contributed by atoms with Gasteiger partial charge in [0, 0.05) is 25.7 Å². The smallest absolute Gasteiger partial charge is 0.462 e. The first-order valence-electron chi connectivity index (χ1n) is 43.3. The molecule has 0 rings (SSSR count). The largest absolute Gasteiger partial charge is 0.472 e. The summed E-state index contributed by atoms with van der Waals surface area (Å²) in [5.74, 6) is -2.10. The maximum absolute atomic E-state index is 13.1.